The maximum Gasteiger partial charge on any atom is 0.249 e. The SMILES string of the molecule is Cc1cccc(Cc2cnc(NC(=O)[C@H](C)N3C(=O)CCC3=O)s2)c1. The Morgan fingerprint density at radius 1 is 1.32 bits per heavy atom. The normalized spacial score (nSPS) is 15.5. The van der Waals surface area contributed by atoms with E-state index < -0.39 is 11.9 Å². The van der Waals surface area contributed by atoms with E-state index in [1.165, 1.54) is 22.5 Å². The average molecular weight is 357 g/mol. The number of carbonyl (C=O) groups is 3. The first kappa shape index (κ1) is 17.3. The Labute approximate surface area is 149 Å². The highest BCUT2D eigenvalue weighted by atomic mass is 32.1. The van der Waals surface area contributed by atoms with Crippen LogP contribution in [0.5, 0.6) is 0 Å². The number of aryl methyl sites for hydroxylation is 1. The molecule has 2 heterocycles. The van der Waals surface area contributed by atoms with Gasteiger partial charge in [0.2, 0.25) is 17.7 Å². The topological polar surface area (TPSA) is 79.4 Å². The van der Waals surface area contributed by atoms with E-state index in [9.17, 15) is 14.4 Å². The number of likely N-dealkylation sites (tertiary alicyclic amines) is 1. The maximum absolute atomic E-state index is 12.3. The largest absolute Gasteiger partial charge is 0.300 e. The second-order valence-electron chi connectivity index (χ2n) is 6.12. The summed E-state index contributed by atoms with van der Waals surface area (Å²) in [5.41, 5.74) is 2.38. The van der Waals surface area contributed by atoms with Gasteiger partial charge in [-0.05, 0) is 19.4 Å². The van der Waals surface area contributed by atoms with Gasteiger partial charge in [0.05, 0.1) is 0 Å². The standard InChI is InChI=1S/C18H19N3O3S/c1-11-4-3-5-13(8-11)9-14-10-19-18(25-14)20-17(24)12(2)21-15(22)6-7-16(21)23/h3-5,8,10,12H,6-7,9H2,1-2H3,(H,19,20,24)/t12-/m0/s1. The highest BCUT2D eigenvalue weighted by molar-refractivity contribution is 7.15. The molecule has 0 unspecified atom stereocenters. The van der Waals surface area contributed by atoms with Crippen molar-refractivity contribution in [1.29, 1.82) is 0 Å². The molecular weight excluding hydrogens is 338 g/mol. The number of aromatic nitrogens is 1. The number of hydrogen-bond donors (Lipinski definition) is 1. The van der Waals surface area contributed by atoms with Crippen LogP contribution in [0.1, 0.15) is 35.8 Å². The molecule has 2 aromatic rings. The van der Waals surface area contributed by atoms with Crippen LogP contribution in [0.15, 0.2) is 30.5 Å². The molecule has 6 nitrogen and oxygen atoms in total. The smallest absolute Gasteiger partial charge is 0.249 e. The Bertz CT molecular complexity index is 814. The lowest BCUT2D eigenvalue weighted by Crippen LogP contribution is -2.44. The number of amides is 3. The third-order valence-electron chi connectivity index (χ3n) is 4.10. The van der Waals surface area contributed by atoms with Crippen molar-refractivity contribution in [2.75, 3.05) is 5.32 Å². The minimum absolute atomic E-state index is 0.175. The lowest BCUT2D eigenvalue weighted by atomic mass is 10.1. The number of anilines is 1. The van der Waals surface area contributed by atoms with Gasteiger partial charge in [0.1, 0.15) is 6.04 Å². The summed E-state index contributed by atoms with van der Waals surface area (Å²) in [5, 5.41) is 3.17. The van der Waals surface area contributed by atoms with E-state index in [0.717, 1.165) is 16.2 Å². The van der Waals surface area contributed by atoms with Gasteiger partial charge in [-0.3, -0.25) is 19.3 Å². The molecule has 1 aromatic heterocycles. The number of benzene rings is 1. The van der Waals surface area contributed by atoms with E-state index in [2.05, 4.69) is 22.4 Å². The number of carbonyl (C=O) groups excluding carboxylic acids is 3. The number of thiazole rings is 1. The average Bonchev–Trinajstić information content (AvgIpc) is 3.13. The highest BCUT2D eigenvalue weighted by Crippen LogP contribution is 2.23. The fourth-order valence-corrected chi connectivity index (χ4v) is 3.67. The Balaban J connectivity index is 1.63. The van der Waals surface area contributed by atoms with Crippen LogP contribution >= 0.6 is 11.3 Å². The van der Waals surface area contributed by atoms with Crippen molar-refractivity contribution < 1.29 is 14.4 Å². The second-order valence-corrected chi connectivity index (χ2v) is 7.24. The molecule has 0 aliphatic carbocycles. The van der Waals surface area contributed by atoms with Crippen molar-refractivity contribution in [3.05, 3.63) is 46.5 Å². The molecule has 0 saturated carbocycles. The van der Waals surface area contributed by atoms with Crippen molar-refractivity contribution in [3.63, 3.8) is 0 Å². The van der Waals surface area contributed by atoms with Crippen LogP contribution in [0.3, 0.4) is 0 Å². The summed E-state index contributed by atoms with van der Waals surface area (Å²) in [4.78, 5) is 42.1. The Hall–Kier alpha value is -2.54. The van der Waals surface area contributed by atoms with Gasteiger partial charge in [0, 0.05) is 30.3 Å². The van der Waals surface area contributed by atoms with Crippen molar-refractivity contribution in [2.24, 2.45) is 0 Å². The molecule has 1 aliphatic heterocycles. The van der Waals surface area contributed by atoms with Crippen LogP contribution in [0.25, 0.3) is 0 Å². The molecular formula is C18H19N3O3S. The van der Waals surface area contributed by atoms with E-state index in [0.29, 0.717) is 5.13 Å². The van der Waals surface area contributed by atoms with Gasteiger partial charge in [-0.25, -0.2) is 4.98 Å². The Morgan fingerprint density at radius 3 is 2.72 bits per heavy atom. The van der Waals surface area contributed by atoms with Gasteiger partial charge in [-0.1, -0.05) is 29.8 Å². The molecule has 3 rings (SSSR count). The van der Waals surface area contributed by atoms with Crippen LogP contribution in [-0.4, -0.2) is 33.6 Å². The van der Waals surface area contributed by atoms with Crippen LogP contribution < -0.4 is 5.32 Å². The molecule has 1 N–H and O–H groups in total. The molecule has 25 heavy (non-hydrogen) atoms. The van der Waals surface area contributed by atoms with Gasteiger partial charge in [-0.15, -0.1) is 11.3 Å². The predicted octanol–water partition coefficient (Wildman–Crippen LogP) is 2.52. The zero-order valence-corrected chi connectivity index (χ0v) is 14.9. The molecule has 3 amide bonds. The van der Waals surface area contributed by atoms with Crippen LogP contribution in [0.4, 0.5) is 5.13 Å². The first-order valence-corrected chi connectivity index (χ1v) is 8.91. The van der Waals surface area contributed by atoms with Crippen LogP contribution in [-0.2, 0) is 20.8 Å². The zero-order valence-electron chi connectivity index (χ0n) is 14.1. The number of imide groups is 1. The van der Waals surface area contributed by atoms with Crippen molar-refractivity contribution in [3.8, 4) is 0 Å². The van der Waals surface area contributed by atoms with Crippen molar-refractivity contribution >= 4 is 34.2 Å². The molecule has 130 valence electrons. The fourth-order valence-electron chi connectivity index (χ4n) is 2.82. The molecule has 1 fully saturated rings. The van der Waals surface area contributed by atoms with Gasteiger partial charge >= 0.3 is 0 Å². The van der Waals surface area contributed by atoms with E-state index in [1.807, 2.05) is 19.1 Å². The molecule has 7 heteroatoms. The number of nitrogens with zero attached hydrogens (tertiary/aromatic N) is 2. The summed E-state index contributed by atoms with van der Waals surface area (Å²) in [6.07, 6.45) is 2.83. The third kappa shape index (κ3) is 3.93. The lowest BCUT2D eigenvalue weighted by Gasteiger charge is -2.20. The second kappa shape index (κ2) is 7.14. The highest BCUT2D eigenvalue weighted by Gasteiger charge is 2.36. The number of nitrogens with one attached hydrogen (secondary N) is 1. The lowest BCUT2D eigenvalue weighted by molar-refractivity contribution is -0.144. The summed E-state index contributed by atoms with van der Waals surface area (Å²) in [6.45, 7) is 3.60. The summed E-state index contributed by atoms with van der Waals surface area (Å²) in [7, 11) is 0. The number of hydrogen-bond acceptors (Lipinski definition) is 5. The minimum Gasteiger partial charge on any atom is -0.300 e. The maximum atomic E-state index is 12.3. The van der Waals surface area contributed by atoms with Gasteiger partial charge in [0.25, 0.3) is 0 Å². The molecule has 0 bridgehead atoms. The summed E-state index contributed by atoms with van der Waals surface area (Å²) < 4.78 is 0. The molecule has 1 aliphatic rings. The van der Waals surface area contributed by atoms with Crippen molar-refractivity contribution in [1.82, 2.24) is 9.88 Å². The Morgan fingerprint density at radius 2 is 2.04 bits per heavy atom. The Kier molecular flexibility index (Phi) is 4.94. The van der Waals surface area contributed by atoms with Gasteiger partial charge in [0.15, 0.2) is 5.13 Å². The van der Waals surface area contributed by atoms with E-state index in [4.69, 9.17) is 0 Å². The van der Waals surface area contributed by atoms with Gasteiger partial charge in [-0.2, -0.15) is 0 Å². The molecule has 0 spiro atoms. The first-order valence-electron chi connectivity index (χ1n) is 8.10. The minimum atomic E-state index is -0.827. The fraction of sp³-hybridized carbons (Fsp3) is 0.333. The summed E-state index contributed by atoms with van der Waals surface area (Å²) in [5.74, 6) is -1.00. The quantitative estimate of drug-likeness (QED) is 0.834. The summed E-state index contributed by atoms with van der Waals surface area (Å²) >= 11 is 1.39. The van der Waals surface area contributed by atoms with E-state index in [1.54, 1.807) is 13.1 Å². The molecule has 1 saturated heterocycles. The van der Waals surface area contributed by atoms with Crippen LogP contribution in [0.2, 0.25) is 0 Å². The van der Waals surface area contributed by atoms with E-state index in [-0.39, 0.29) is 24.7 Å². The summed E-state index contributed by atoms with van der Waals surface area (Å²) in [6, 6.07) is 7.40. The zero-order chi connectivity index (χ0) is 18.0. The van der Waals surface area contributed by atoms with Crippen molar-refractivity contribution in [2.45, 2.75) is 39.2 Å². The molecule has 1 atom stereocenters. The monoisotopic (exact) mass is 357 g/mol. The first-order chi connectivity index (χ1) is 11.9. The molecule has 0 radical (unpaired) electrons. The van der Waals surface area contributed by atoms with Crippen LogP contribution in [0, 0.1) is 6.92 Å². The third-order valence-corrected chi connectivity index (χ3v) is 5.01. The predicted molar refractivity (Wildman–Crippen MR) is 95.3 cm³/mol. The number of rotatable bonds is 5. The molecule has 1 aromatic carbocycles. The van der Waals surface area contributed by atoms with Gasteiger partial charge < -0.3 is 5.32 Å². The van der Waals surface area contributed by atoms with E-state index >= 15 is 0 Å².